The van der Waals surface area contributed by atoms with Crippen LogP contribution in [0.25, 0.3) is 40.3 Å². The molecule has 4 heterocycles. The molecule has 0 aliphatic heterocycles. The topological polar surface area (TPSA) is 282 Å². The Hall–Kier alpha value is -12.5. The van der Waals surface area contributed by atoms with E-state index >= 15 is 0 Å². The van der Waals surface area contributed by atoms with Gasteiger partial charge >= 0.3 is 30.7 Å². The fraction of sp³-hybridized carbons (Fsp3) is 0.165. The highest BCUT2D eigenvalue weighted by atomic mass is 127. The van der Waals surface area contributed by atoms with Gasteiger partial charge in [-0.25, -0.2) is 47.2 Å². The second-order valence-corrected chi connectivity index (χ2v) is 42.7. The van der Waals surface area contributed by atoms with E-state index < -0.39 is 139 Å². The Kier molecular flexibility index (Phi) is 33.4. The molecule has 0 saturated carbocycles. The minimum atomic E-state index is -4.98. The first-order chi connectivity index (χ1) is 65.1. The maximum atomic E-state index is 13.8. The molecule has 0 atom stereocenters. The van der Waals surface area contributed by atoms with Gasteiger partial charge in [0.25, 0.3) is 51.5 Å². The largest absolute Gasteiger partial charge is 0.478 e. The number of anilines is 4. The molecule has 734 valence electrons. The Morgan fingerprint density at radius 3 is 0.907 bits per heavy atom. The number of alkyl halides is 12. The fourth-order valence-electron chi connectivity index (χ4n) is 14.3. The number of thiophene rings is 4. The monoisotopic (exact) mass is 2200 g/mol. The minimum Gasteiger partial charge on any atom is -0.478 e. The number of fused-ring (bicyclic) bond motifs is 4. The number of carboxylic acids is 1. The number of hydrogen-bond acceptors (Lipinski definition) is 17. The number of rotatable bonds is 22. The summed E-state index contributed by atoms with van der Waals surface area (Å²) < 4.78 is 302. The van der Waals surface area contributed by atoms with Crippen LogP contribution in [0.15, 0.2) is 287 Å². The van der Waals surface area contributed by atoms with Gasteiger partial charge in [0.1, 0.15) is 42.8 Å². The van der Waals surface area contributed by atoms with Crippen LogP contribution >= 0.6 is 69.3 Å². The maximum Gasteiger partial charge on any atom is 0.423 e. The van der Waals surface area contributed by atoms with Gasteiger partial charge in [-0.1, -0.05) is 157 Å². The zero-order chi connectivity index (χ0) is 102. The highest BCUT2D eigenvalue weighted by Gasteiger charge is 2.43. The third kappa shape index (κ3) is 24.7. The van der Waals surface area contributed by atoms with Crippen molar-refractivity contribution >= 4 is 187 Å². The van der Waals surface area contributed by atoms with Gasteiger partial charge in [-0.3, -0.25) is 37.9 Å². The molecule has 4 aromatic heterocycles. The maximum absolute atomic E-state index is 13.8. The number of nitrogens with zero attached hydrogens (tertiary/aromatic N) is 5. The van der Waals surface area contributed by atoms with Gasteiger partial charge in [-0.2, -0.15) is 52.7 Å². The van der Waals surface area contributed by atoms with Crippen molar-refractivity contribution in [1.82, 2.24) is 0 Å². The van der Waals surface area contributed by atoms with Crippen molar-refractivity contribution < 1.29 is 115 Å². The number of nitro groups is 2. The first-order valence-electron chi connectivity index (χ1n) is 41.1. The number of aryl methyl sites for hydroxylation is 8. The SMILES string of the molecule is CCc1ccc([N+](=O)[O-])c(C(F)(F)F)c1.Cc1c(N(Cc2ccc([18F])c(C(F)(F)F)c2)S(=O)(=O)c2ccc(C(=O)O)cc2)sc2ccccc12.Cc1ccc(S(=O)(=O)N(Cc2ccc([18F])c(C(F)(F)F)c2)c2sc3ccccc3c2C)cc1.Cc1ccc(S(=O)(=O)N(Cc2ccc([N+](=O)[O-])c(C(F)(F)F)c2)c2sc3ccccc3c2C)cc1.Cc1ccc(S(=O)(=O)Nc2sc3ccccc3c2C)cc1.I. The molecule has 0 amide bonds. The number of carboxylic acid groups (broad SMARTS) is 1. The third-order valence-electron chi connectivity index (χ3n) is 21.6. The zero-order valence-corrected chi connectivity index (χ0v) is 83.1. The molecule has 0 unspecified atom stereocenters. The number of aromatic carboxylic acids is 1. The van der Waals surface area contributed by atoms with E-state index in [9.17, 15) is 120 Å². The highest BCUT2D eigenvalue weighted by Crippen LogP contribution is 2.48. The Morgan fingerprint density at radius 1 is 0.357 bits per heavy atom. The zero-order valence-electron chi connectivity index (χ0n) is 74.2. The lowest BCUT2D eigenvalue weighted by Gasteiger charge is -2.24. The average Bonchev–Trinajstić information content (AvgIpc) is 1.55. The van der Waals surface area contributed by atoms with Crippen LogP contribution in [0.2, 0.25) is 0 Å². The summed E-state index contributed by atoms with van der Waals surface area (Å²) in [6.07, 6.45) is -19.1. The molecule has 0 spiro atoms. The van der Waals surface area contributed by atoms with E-state index in [1.165, 1.54) is 70.4 Å². The summed E-state index contributed by atoms with van der Waals surface area (Å²) in [7, 11) is -16.2. The fourth-order valence-corrected chi connectivity index (χ4v) is 25.5. The van der Waals surface area contributed by atoms with Crippen molar-refractivity contribution in [2.45, 2.75) is 126 Å². The molecule has 0 bridgehead atoms. The number of hydrogen-bond donors (Lipinski definition) is 2. The van der Waals surface area contributed by atoms with E-state index in [0.29, 0.717) is 74.0 Å². The average molecular weight is 2200 g/mol. The molecule has 0 saturated heterocycles. The first-order valence-corrected chi connectivity index (χ1v) is 50.1. The third-order valence-corrected chi connectivity index (χ3v) is 33.8. The standard InChI is InChI=1S/C24H17F4NO4S2.C24H19F4NO2S2.C24H19F3N2O4S2.C16H15NO2S2.C9H8F3NO2.HI/c1-14-18-4-2-3-5-21(18)34-22(14)29(13-15-6-11-20(25)19(12-15)24(26,27)28)35(32,33)17-9-7-16(8-10-17)23(30)31;1-15-7-10-18(11-8-15)33(30,31)29(23-16(2)19-5-3-4-6-22(19)32-23)14-17-9-12-21(25)20(13-17)24(26,27)28;1-15-7-10-18(11-8-15)35(32,33)28(23-16(2)19-5-3-4-6-22(19)34-23)14-17-9-12-21(29(30)31)20(13-17)24(25,26)27;1-11-7-9-13(10-8-11)21(18,19)17-16-12(2)14-5-3-4-6-15(14)20-16;1-2-6-3-4-8(13(14)15)7(5-6)9(10,11)12;/h2-12H,13H2,1H3,(H,30,31);3-13H,14H2,1-2H3;3-13H,14H2,1-2H3;3-10,17H,1-2H3;3-5H,2H2,1H3;1H/i2*25-1;;;;. The molecule has 20 nitrogen and oxygen atoms in total. The van der Waals surface area contributed by atoms with E-state index in [2.05, 4.69) is 4.72 Å². The van der Waals surface area contributed by atoms with Crippen molar-refractivity contribution in [2.75, 3.05) is 17.6 Å². The smallest absolute Gasteiger partial charge is 0.423 e. The Labute approximate surface area is 826 Å². The molecule has 16 aromatic rings. The molecule has 0 fully saturated rings. The van der Waals surface area contributed by atoms with Crippen LogP contribution in [0.1, 0.15) is 101 Å². The number of carbonyl (C=O) groups is 1. The first kappa shape index (κ1) is 108. The molecule has 0 aliphatic rings. The summed E-state index contributed by atoms with van der Waals surface area (Å²) in [4.78, 5) is 30.6. The van der Waals surface area contributed by atoms with Crippen molar-refractivity contribution in [2.24, 2.45) is 0 Å². The molecule has 140 heavy (non-hydrogen) atoms. The van der Waals surface area contributed by atoms with Crippen LogP contribution in [0.3, 0.4) is 0 Å². The summed E-state index contributed by atoms with van der Waals surface area (Å²) in [5.41, 5.74) is -1.63. The van der Waals surface area contributed by atoms with Crippen LogP contribution in [-0.2, 0) is 90.9 Å². The predicted molar refractivity (Wildman–Crippen MR) is 528 cm³/mol. The lowest BCUT2D eigenvalue weighted by molar-refractivity contribution is -0.388. The molecule has 2 N–H and O–H groups in total. The Bertz CT molecular complexity index is 7740. The highest BCUT2D eigenvalue weighted by molar-refractivity contribution is 14.0. The summed E-state index contributed by atoms with van der Waals surface area (Å²) in [6, 6.07) is 64.0. The predicted octanol–water partition coefficient (Wildman–Crippen LogP) is 28.5. The van der Waals surface area contributed by atoms with Gasteiger partial charge in [0.2, 0.25) is 0 Å². The number of nitrogens with one attached hydrogen (secondary N) is 1. The van der Waals surface area contributed by atoms with Crippen LogP contribution < -0.4 is 17.6 Å². The minimum absolute atomic E-state index is 0. The van der Waals surface area contributed by atoms with Gasteiger partial charge in [0, 0.05) is 30.9 Å². The molecule has 12 aromatic carbocycles. The summed E-state index contributed by atoms with van der Waals surface area (Å²) in [5, 5.41) is 35.9. The van der Waals surface area contributed by atoms with Crippen molar-refractivity contribution in [3.05, 3.63) is 388 Å². The van der Waals surface area contributed by atoms with Crippen LogP contribution in [0.4, 0.5) is 92.8 Å². The van der Waals surface area contributed by atoms with Crippen molar-refractivity contribution in [3.8, 4) is 0 Å². The quantitative estimate of drug-likeness (QED) is 0.0276. The van der Waals surface area contributed by atoms with E-state index in [4.69, 9.17) is 5.11 Å². The van der Waals surface area contributed by atoms with Crippen LogP contribution in [0.5, 0.6) is 0 Å². The normalized spacial score (nSPS) is 12.0. The van der Waals surface area contributed by atoms with Crippen molar-refractivity contribution in [1.29, 1.82) is 0 Å². The molecule has 0 aliphatic carbocycles. The second kappa shape index (κ2) is 43.3. The van der Waals surface area contributed by atoms with Crippen LogP contribution in [0, 0.1) is 80.3 Å². The van der Waals surface area contributed by atoms with E-state index in [1.807, 2.05) is 93.6 Å². The molecular weight excluding hydrogens is 2120 g/mol. The summed E-state index contributed by atoms with van der Waals surface area (Å²) in [5.74, 6) is -4.10. The number of sulfonamides is 4. The van der Waals surface area contributed by atoms with E-state index in [0.717, 1.165) is 141 Å². The molecule has 16 rings (SSSR count). The molecule has 43 heteroatoms. The van der Waals surface area contributed by atoms with Gasteiger partial charge in [0.15, 0.2) is 0 Å². The Morgan fingerprint density at radius 2 is 0.621 bits per heavy atom. The second-order valence-electron chi connectivity index (χ2n) is 31.2. The summed E-state index contributed by atoms with van der Waals surface area (Å²) >= 11 is 5.06. The number of benzene rings is 12. The summed E-state index contributed by atoms with van der Waals surface area (Å²) in [6.45, 7) is 13.1. The van der Waals surface area contributed by atoms with Gasteiger partial charge in [-0.15, -0.1) is 69.3 Å². The number of nitro benzene ring substituents is 2. The number of halogens is 15. The van der Waals surface area contributed by atoms with Gasteiger partial charge in [0.05, 0.1) is 65.8 Å². The molecular formula is C97H79F14IN6O14S8. The lowest BCUT2D eigenvalue weighted by atomic mass is 10.1. The molecule has 0 radical (unpaired) electrons. The Balaban J connectivity index is 0.000000172. The van der Waals surface area contributed by atoms with Crippen molar-refractivity contribution in [3.63, 3.8) is 0 Å². The van der Waals surface area contributed by atoms with E-state index in [-0.39, 0.29) is 77.4 Å². The van der Waals surface area contributed by atoms with Gasteiger partial charge < -0.3 is 5.11 Å². The lowest BCUT2D eigenvalue weighted by Crippen LogP contribution is -2.30. The van der Waals surface area contributed by atoms with Crippen LogP contribution in [-0.4, -0.2) is 54.6 Å². The van der Waals surface area contributed by atoms with Gasteiger partial charge in [-0.05, 0) is 242 Å². The van der Waals surface area contributed by atoms with E-state index in [1.54, 1.807) is 107 Å².